The number of anilines is 3. The van der Waals surface area contributed by atoms with Gasteiger partial charge in [-0.1, -0.05) is 37.8 Å². The number of hydrogen-bond acceptors (Lipinski definition) is 5. The van der Waals surface area contributed by atoms with Gasteiger partial charge in [-0.05, 0) is 55.6 Å². The molecule has 2 aliphatic heterocycles. The molecule has 32 heavy (non-hydrogen) atoms. The maximum Gasteiger partial charge on any atom is 0.232 e. The minimum absolute atomic E-state index is 0.241. The van der Waals surface area contributed by atoms with Crippen molar-refractivity contribution in [1.82, 2.24) is 15.3 Å². The molecule has 2 fully saturated rings. The van der Waals surface area contributed by atoms with Gasteiger partial charge in [0.25, 0.3) is 0 Å². The van der Waals surface area contributed by atoms with Crippen LogP contribution in [0.5, 0.6) is 0 Å². The first kappa shape index (κ1) is 22.7. The molecule has 2 saturated heterocycles. The molecule has 2 aliphatic rings. The Morgan fingerprint density at radius 2 is 1.31 bits per heavy atom. The fourth-order valence-electron chi connectivity index (χ4n) is 4.33. The van der Waals surface area contributed by atoms with E-state index in [1.54, 1.807) is 12.1 Å². The Bertz CT molecular complexity index is 836. The van der Waals surface area contributed by atoms with Crippen molar-refractivity contribution in [2.45, 2.75) is 57.9 Å². The molecule has 0 spiro atoms. The average Bonchev–Trinajstić information content (AvgIpc) is 3.24. The maximum atomic E-state index is 13.1. The van der Waals surface area contributed by atoms with Crippen LogP contribution in [0.4, 0.5) is 22.0 Å². The van der Waals surface area contributed by atoms with Gasteiger partial charge in [0.15, 0.2) is 5.11 Å². The molecule has 8 heteroatoms. The number of nitrogens with one attached hydrogen (secondary N) is 2. The first-order chi connectivity index (χ1) is 15.7. The second-order valence-corrected chi connectivity index (χ2v) is 9.05. The molecule has 1 aromatic carbocycles. The van der Waals surface area contributed by atoms with Crippen LogP contribution in [-0.4, -0.2) is 41.3 Å². The van der Waals surface area contributed by atoms with E-state index in [-0.39, 0.29) is 5.82 Å². The lowest BCUT2D eigenvalue weighted by Gasteiger charge is -2.26. The van der Waals surface area contributed by atoms with Gasteiger partial charge in [0.2, 0.25) is 5.95 Å². The van der Waals surface area contributed by atoms with Crippen molar-refractivity contribution >= 4 is 34.9 Å². The van der Waals surface area contributed by atoms with Crippen LogP contribution >= 0.6 is 12.2 Å². The Morgan fingerprint density at radius 1 is 0.812 bits per heavy atom. The Balaban J connectivity index is 1.49. The molecule has 0 aliphatic carbocycles. The SMILES string of the molecule is Fc1ccc(CNC(=S)Nc2nc(N3CCCCCC3)cc(N3CCCCCC3)n2)cc1. The standard InChI is InChI=1S/C24H33FN6S/c25-20-11-9-19(10-12-20)18-26-24(32)29-23-27-21(30-13-5-1-2-6-14-30)17-22(28-23)31-15-7-3-4-8-16-31/h9-12,17H,1-8,13-16,18H2,(H2,26,27,28,29,32). The molecule has 0 unspecified atom stereocenters. The van der Waals surface area contributed by atoms with Crippen LogP contribution in [-0.2, 0) is 6.54 Å². The Kier molecular flexibility index (Phi) is 8.09. The van der Waals surface area contributed by atoms with Crippen LogP contribution in [0.15, 0.2) is 30.3 Å². The predicted molar refractivity (Wildman–Crippen MR) is 133 cm³/mol. The second kappa shape index (κ2) is 11.4. The molecule has 4 rings (SSSR count). The lowest BCUT2D eigenvalue weighted by atomic mass is 10.2. The van der Waals surface area contributed by atoms with E-state index < -0.39 is 0 Å². The highest BCUT2D eigenvalue weighted by molar-refractivity contribution is 7.80. The molecular formula is C24H33FN6S. The van der Waals surface area contributed by atoms with Crippen molar-refractivity contribution in [1.29, 1.82) is 0 Å². The summed E-state index contributed by atoms with van der Waals surface area (Å²) in [5, 5.41) is 6.82. The summed E-state index contributed by atoms with van der Waals surface area (Å²) in [7, 11) is 0. The van der Waals surface area contributed by atoms with Crippen molar-refractivity contribution in [3.63, 3.8) is 0 Å². The third-order valence-electron chi connectivity index (χ3n) is 6.15. The molecule has 172 valence electrons. The smallest absolute Gasteiger partial charge is 0.232 e. The van der Waals surface area contributed by atoms with Crippen molar-refractivity contribution in [3.8, 4) is 0 Å². The van der Waals surface area contributed by atoms with Gasteiger partial charge >= 0.3 is 0 Å². The molecule has 6 nitrogen and oxygen atoms in total. The number of aromatic nitrogens is 2. The summed E-state index contributed by atoms with van der Waals surface area (Å²) in [6.45, 7) is 4.63. The minimum Gasteiger partial charge on any atom is -0.358 e. The van der Waals surface area contributed by atoms with Gasteiger partial charge in [0.1, 0.15) is 17.5 Å². The molecule has 0 radical (unpaired) electrons. The van der Waals surface area contributed by atoms with Gasteiger partial charge in [-0.2, -0.15) is 9.97 Å². The van der Waals surface area contributed by atoms with Crippen molar-refractivity contribution in [2.24, 2.45) is 0 Å². The summed E-state index contributed by atoms with van der Waals surface area (Å²) in [5.41, 5.74) is 0.958. The molecule has 3 heterocycles. The zero-order valence-electron chi connectivity index (χ0n) is 18.7. The van der Waals surface area contributed by atoms with Crippen LogP contribution in [0, 0.1) is 5.82 Å². The molecule has 2 N–H and O–H groups in total. The molecule has 0 atom stereocenters. The molecule has 1 aromatic heterocycles. The highest BCUT2D eigenvalue weighted by Gasteiger charge is 2.18. The normalized spacial score (nSPS) is 17.4. The number of nitrogens with zero attached hydrogens (tertiary/aromatic N) is 4. The Hall–Kier alpha value is -2.48. The van der Waals surface area contributed by atoms with Crippen molar-refractivity contribution in [3.05, 3.63) is 41.7 Å². The molecular weight excluding hydrogens is 423 g/mol. The number of rotatable bonds is 5. The first-order valence-corrected chi connectivity index (χ1v) is 12.3. The third-order valence-corrected chi connectivity index (χ3v) is 6.40. The largest absolute Gasteiger partial charge is 0.358 e. The maximum absolute atomic E-state index is 13.1. The summed E-state index contributed by atoms with van der Waals surface area (Å²) in [6, 6.07) is 8.55. The lowest BCUT2D eigenvalue weighted by molar-refractivity contribution is 0.627. The Labute approximate surface area is 195 Å². The van der Waals surface area contributed by atoms with Crippen molar-refractivity contribution < 1.29 is 4.39 Å². The van der Waals surface area contributed by atoms with Crippen LogP contribution in [0.3, 0.4) is 0 Å². The summed E-state index contributed by atoms with van der Waals surface area (Å²) >= 11 is 5.50. The summed E-state index contributed by atoms with van der Waals surface area (Å²) in [4.78, 5) is 14.4. The zero-order valence-corrected chi connectivity index (χ0v) is 19.5. The van der Waals surface area contributed by atoms with Crippen LogP contribution in [0.2, 0.25) is 0 Å². The summed E-state index contributed by atoms with van der Waals surface area (Å²) < 4.78 is 13.1. The zero-order chi connectivity index (χ0) is 22.2. The number of thiocarbonyl (C=S) groups is 1. The third kappa shape index (κ3) is 6.51. The van der Waals surface area contributed by atoms with Gasteiger partial charge in [0, 0.05) is 38.8 Å². The van der Waals surface area contributed by atoms with Gasteiger partial charge < -0.3 is 20.4 Å². The molecule has 2 aromatic rings. The average molecular weight is 457 g/mol. The number of hydrogen-bond donors (Lipinski definition) is 2. The van der Waals surface area contributed by atoms with Crippen molar-refractivity contribution in [2.75, 3.05) is 41.3 Å². The van der Waals surface area contributed by atoms with E-state index in [9.17, 15) is 4.39 Å². The van der Waals surface area contributed by atoms with Crippen LogP contribution in [0.1, 0.15) is 56.9 Å². The number of benzene rings is 1. The molecule has 0 bridgehead atoms. The van der Waals surface area contributed by atoms with E-state index in [1.165, 1.54) is 63.5 Å². The topological polar surface area (TPSA) is 56.3 Å². The highest BCUT2D eigenvalue weighted by Crippen LogP contribution is 2.25. The van der Waals surface area contributed by atoms with E-state index in [0.29, 0.717) is 17.6 Å². The van der Waals surface area contributed by atoms with Crippen LogP contribution < -0.4 is 20.4 Å². The number of halogens is 1. The fraction of sp³-hybridized carbons (Fsp3) is 0.542. The van der Waals surface area contributed by atoms with E-state index in [4.69, 9.17) is 22.2 Å². The van der Waals surface area contributed by atoms with E-state index in [2.05, 4.69) is 26.5 Å². The summed E-state index contributed by atoms with van der Waals surface area (Å²) in [6.07, 6.45) is 9.91. The van der Waals surface area contributed by atoms with Gasteiger partial charge in [-0.3, -0.25) is 0 Å². The van der Waals surface area contributed by atoms with E-state index in [1.807, 2.05) is 0 Å². The van der Waals surface area contributed by atoms with E-state index in [0.717, 1.165) is 43.4 Å². The van der Waals surface area contributed by atoms with Gasteiger partial charge in [-0.15, -0.1) is 0 Å². The second-order valence-electron chi connectivity index (χ2n) is 8.64. The Morgan fingerprint density at radius 3 is 1.81 bits per heavy atom. The van der Waals surface area contributed by atoms with Gasteiger partial charge in [0.05, 0.1) is 0 Å². The van der Waals surface area contributed by atoms with E-state index >= 15 is 0 Å². The lowest BCUT2D eigenvalue weighted by Crippen LogP contribution is -2.31. The fourth-order valence-corrected chi connectivity index (χ4v) is 4.50. The van der Waals surface area contributed by atoms with Gasteiger partial charge in [-0.25, -0.2) is 4.39 Å². The summed E-state index contributed by atoms with van der Waals surface area (Å²) in [5.74, 6) is 2.24. The molecule has 0 amide bonds. The first-order valence-electron chi connectivity index (χ1n) is 11.9. The monoisotopic (exact) mass is 456 g/mol. The minimum atomic E-state index is -0.241. The van der Waals surface area contributed by atoms with Crippen LogP contribution in [0.25, 0.3) is 0 Å². The quantitative estimate of drug-likeness (QED) is 0.623. The highest BCUT2D eigenvalue weighted by atomic mass is 32.1. The molecule has 0 saturated carbocycles. The predicted octanol–water partition coefficient (Wildman–Crippen LogP) is 4.86.